The van der Waals surface area contributed by atoms with Gasteiger partial charge in [0.15, 0.2) is 0 Å². The minimum atomic E-state index is -0.766. The molecule has 0 fully saturated rings. The summed E-state index contributed by atoms with van der Waals surface area (Å²) in [5.41, 5.74) is -0.0109. The molecule has 108 valence electrons. The number of benzene rings is 2. The van der Waals surface area contributed by atoms with Crippen LogP contribution in [0.4, 0.5) is 0 Å². The van der Waals surface area contributed by atoms with Gasteiger partial charge in [-0.2, -0.15) is 0 Å². The summed E-state index contributed by atoms with van der Waals surface area (Å²) in [6, 6.07) is 8.77. The Bertz CT molecular complexity index is 669. The smallest absolute Gasteiger partial charge is 0.256 e. The average molecular weight is 343 g/mol. The van der Waals surface area contributed by atoms with E-state index in [1.807, 2.05) is 0 Å². The van der Waals surface area contributed by atoms with Gasteiger partial charge < -0.3 is 10.2 Å². The molecule has 21 heavy (non-hydrogen) atoms. The Balaban J connectivity index is 2.34. The molecule has 2 aromatic carbocycles. The van der Waals surface area contributed by atoms with Gasteiger partial charge in [-0.15, -0.1) is 0 Å². The van der Waals surface area contributed by atoms with Gasteiger partial charge in [-0.25, -0.2) is 0 Å². The molecule has 0 unspecified atom stereocenters. The lowest BCUT2D eigenvalue weighted by Gasteiger charge is -2.06. The maximum atomic E-state index is 11.2. The molecule has 0 spiro atoms. The van der Waals surface area contributed by atoms with E-state index >= 15 is 0 Å². The Hall–Kier alpha value is -1.69. The van der Waals surface area contributed by atoms with E-state index in [-0.39, 0.29) is 22.6 Å². The Morgan fingerprint density at radius 3 is 1.52 bits per heavy atom. The van der Waals surface area contributed by atoms with Gasteiger partial charge >= 0.3 is 0 Å². The van der Waals surface area contributed by atoms with E-state index in [0.717, 1.165) is 0 Å². The van der Waals surface area contributed by atoms with Gasteiger partial charge in [0.25, 0.3) is 10.5 Å². The minimum Gasteiger partial charge on any atom is -0.507 e. The van der Waals surface area contributed by atoms with Gasteiger partial charge in [-0.3, -0.25) is 9.59 Å². The summed E-state index contributed by atoms with van der Waals surface area (Å²) in [5, 5.41) is 17.5. The van der Waals surface area contributed by atoms with E-state index in [2.05, 4.69) is 0 Å². The largest absolute Gasteiger partial charge is 0.507 e. The topological polar surface area (TPSA) is 74.6 Å². The Kier molecular flexibility index (Phi) is 4.77. The lowest BCUT2D eigenvalue weighted by molar-refractivity contribution is 0.107. The first-order valence-electron chi connectivity index (χ1n) is 5.62. The Morgan fingerprint density at radius 1 is 0.810 bits per heavy atom. The minimum absolute atomic E-state index is 0.00547. The van der Waals surface area contributed by atoms with Crippen LogP contribution in [0.1, 0.15) is 20.7 Å². The maximum absolute atomic E-state index is 11.2. The average Bonchev–Trinajstić information content (AvgIpc) is 2.42. The van der Waals surface area contributed by atoms with Gasteiger partial charge in [0.1, 0.15) is 11.5 Å². The zero-order valence-corrected chi connectivity index (χ0v) is 12.7. The molecule has 2 rings (SSSR count). The lowest BCUT2D eigenvalue weighted by Crippen LogP contribution is -1.91. The molecule has 0 aliphatic heterocycles. The predicted molar refractivity (Wildman–Crippen MR) is 80.7 cm³/mol. The first-order valence-corrected chi connectivity index (χ1v) is 7.19. The fourth-order valence-corrected chi connectivity index (χ4v) is 2.81. The lowest BCUT2D eigenvalue weighted by atomic mass is 10.2. The first kappa shape index (κ1) is 15.7. The van der Waals surface area contributed by atoms with Crippen molar-refractivity contribution in [1.29, 1.82) is 0 Å². The van der Waals surface area contributed by atoms with Crippen molar-refractivity contribution in [2.24, 2.45) is 0 Å². The highest BCUT2D eigenvalue weighted by Crippen LogP contribution is 2.34. The highest BCUT2D eigenvalue weighted by Gasteiger charge is 2.12. The van der Waals surface area contributed by atoms with Crippen LogP contribution < -0.4 is 0 Å². The van der Waals surface area contributed by atoms with Crippen molar-refractivity contribution in [2.45, 2.75) is 9.79 Å². The summed E-state index contributed by atoms with van der Waals surface area (Å²) < 4.78 is 0. The molecular formula is C14H8Cl2O4S. The van der Waals surface area contributed by atoms with Gasteiger partial charge in [0, 0.05) is 9.79 Å². The van der Waals surface area contributed by atoms with Crippen molar-refractivity contribution in [1.82, 2.24) is 0 Å². The van der Waals surface area contributed by atoms with E-state index in [1.165, 1.54) is 36.0 Å². The summed E-state index contributed by atoms with van der Waals surface area (Å²) in [6.07, 6.45) is 0. The predicted octanol–water partition coefficient (Wildman–Crippen LogP) is 4.01. The molecule has 0 bridgehead atoms. The van der Waals surface area contributed by atoms with Crippen molar-refractivity contribution in [2.75, 3.05) is 0 Å². The summed E-state index contributed by atoms with van der Waals surface area (Å²) >= 11 is 12.0. The summed E-state index contributed by atoms with van der Waals surface area (Å²) in [6.45, 7) is 0. The molecule has 0 saturated heterocycles. The number of phenolic OH excluding ortho intramolecular Hbond substituents is 2. The zero-order chi connectivity index (χ0) is 15.6. The molecule has 4 nitrogen and oxygen atoms in total. The van der Waals surface area contributed by atoms with E-state index in [9.17, 15) is 19.8 Å². The van der Waals surface area contributed by atoms with Crippen LogP contribution >= 0.6 is 35.0 Å². The van der Waals surface area contributed by atoms with Crippen LogP contribution in [0.3, 0.4) is 0 Å². The number of hydrogen-bond donors (Lipinski definition) is 2. The van der Waals surface area contributed by atoms with Gasteiger partial charge in [-0.1, -0.05) is 11.8 Å². The van der Waals surface area contributed by atoms with Crippen LogP contribution in [0.2, 0.25) is 0 Å². The third-order valence-corrected chi connectivity index (χ3v) is 3.98. The second kappa shape index (κ2) is 6.39. The Labute approximate surface area is 134 Å². The van der Waals surface area contributed by atoms with Gasteiger partial charge in [0.05, 0.1) is 11.1 Å². The normalized spacial score (nSPS) is 10.4. The maximum Gasteiger partial charge on any atom is 0.256 e. The van der Waals surface area contributed by atoms with Crippen molar-refractivity contribution >= 4 is 45.4 Å². The van der Waals surface area contributed by atoms with E-state index in [4.69, 9.17) is 23.2 Å². The number of phenols is 2. The molecule has 0 aromatic heterocycles. The molecule has 0 atom stereocenters. The molecular weight excluding hydrogens is 335 g/mol. The third-order valence-electron chi connectivity index (χ3n) is 2.60. The SMILES string of the molecule is O=C(Cl)c1cc(Sc2ccc(O)c(C(=O)Cl)c2)ccc1O. The van der Waals surface area contributed by atoms with Crippen LogP contribution in [-0.2, 0) is 0 Å². The molecule has 0 heterocycles. The van der Waals surface area contributed by atoms with Gasteiger partial charge in [-0.05, 0) is 59.6 Å². The Morgan fingerprint density at radius 2 is 1.19 bits per heavy atom. The zero-order valence-electron chi connectivity index (χ0n) is 10.3. The molecule has 0 radical (unpaired) electrons. The molecule has 0 amide bonds. The summed E-state index contributed by atoms with van der Waals surface area (Å²) in [4.78, 5) is 23.6. The molecule has 0 saturated carbocycles. The molecule has 0 aliphatic rings. The monoisotopic (exact) mass is 342 g/mol. The number of hydrogen-bond acceptors (Lipinski definition) is 5. The van der Waals surface area contributed by atoms with Crippen LogP contribution in [0.25, 0.3) is 0 Å². The number of rotatable bonds is 4. The summed E-state index contributed by atoms with van der Waals surface area (Å²) in [5.74, 6) is -0.414. The highest BCUT2D eigenvalue weighted by atomic mass is 35.5. The second-order valence-electron chi connectivity index (χ2n) is 4.01. The van der Waals surface area contributed by atoms with E-state index < -0.39 is 10.5 Å². The van der Waals surface area contributed by atoms with Crippen molar-refractivity contribution < 1.29 is 19.8 Å². The van der Waals surface area contributed by atoms with E-state index in [0.29, 0.717) is 9.79 Å². The van der Waals surface area contributed by atoms with Crippen molar-refractivity contribution in [3.05, 3.63) is 47.5 Å². The number of carbonyl (C=O) groups is 2. The third kappa shape index (κ3) is 3.69. The first-order chi connectivity index (χ1) is 9.88. The fourth-order valence-electron chi connectivity index (χ4n) is 1.61. The molecule has 7 heteroatoms. The van der Waals surface area contributed by atoms with Crippen molar-refractivity contribution in [3.63, 3.8) is 0 Å². The van der Waals surface area contributed by atoms with E-state index in [1.54, 1.807) is 12.1 Å². The molecule has 2 N–H and O–H groups in total. The molecule has 2 aromatic rings. The summed E-state index contributed by atoms with van der Waals surface area (Å²) in [7, 11) is 0. The standard InChI is InChI=1S/C14H8Cl2O4S/c15-13(19)9-5-7(1-3-11(9)17)21-8-2-4-12(18)10(6-8)14(16)20/h1-6,17-18H. The van der Waals surface area contributed by atoms with Crippen LogP contribution in [0, 0.1) is 0 Å². The van der Waals surface area contributed by atoms with Crippen LogP contribution in [0.15, 0.2) is 46.2 Å². The quantitative estimate of drug-likeness (QED) is 0.821. The number of halogens is 2. The molecule has 0 aliphatic carbocycles. The highest BCUT2D eigenvalue weighted by molar-refractivity contribution is 7.99. The van der Waals surface area contributed by atoms with Gasteiger partial charge in [0.2, 0.25) is 0 Å². The fraction of sp³-hybridized carbons (Fsp3) is 0. The van der Waals surface area contributed by atoms with Crippen molar-refractivity contribution in [3.8, 4) is 11.5 Å². The van der Waals surface area contributed by atoms with Crippen LogP contribution in [0.5, 0.6) is 11.5 Å². The number of carbonyl (C=O) groups excluding carboxylic acids is 2. The number of aromatic hydroxyl groups is 2. The second-order valence-corrected chi connectivity index (χ2v) is 5.84. The van der Waals surface area contributed by atoms with Crippen LogP contribution in [-0.4, -0.2) is 20.7 Å².